The van der Waals surface area contributed by atoms with Crippen molar-refractivity contribution >= 4 is 51.7 Å². The SMILES string of the molecule is C=C(F)C(=O)Nc1ccc(-c2c(-c3ccc(C(=O)NCC(F)(F)F)c(Cl)c3)c3c(N)ncc(C#CC(=O)N4CCNCC4)c3n2C)cc1. The molecule has 10 nitrogen and oxygen atoms in total. The summed E-state index contributed by atoms with van der Waals surface area (Å²) >= 11 is 6.46. The average Bonchev–Trinajstić information content (AvgIpc) is 3.37. The number of alkyl halides is 3. The molecule has 4 aromatic rings. The Labute approximate surface area is 276 Å². The highest BCUT2D eigenvalue weighted by Gasteiger charge is 2.29. The molecule has 2 aromatic heterocycles. The number of anilines is 2. The van der Waals surface area contributed by atoms with E-state index in [1.54, 1.807) is 40.8 Å². The van der Waals surface area contributed by atoms with Gasteiger partial charge in [-0.15, -0.1) is 0 Å². The maximum absolute atomic E-state index is 13.3. The number of hydrogen-bond donors (Lipinski definition) is 4. The lowest BCUT2D eigenvalue weighted by Crippen LogP contribution is -2.46. The number of rotatable bonds is 6. The van der Waals surface area contributed by atoms with Gasteiger partial charge in [0.25, 0.3) is 17.7 Å². The Morgan fingerprint density at radius 1 is 1.10 bits per heavy atom. The van der Waals surface area contributed by atoms with E-state index in [-0.39, 0.29) is 22.3 Å². The summed E-state index contributed by atoms with van der Waals surface area (Å²) in [6, 6.07) is 10.7. The number of carbonyl (C=O) groups excluding carboxylic acids is 3. The van der Waals surface area contributed by atoms with Crippen LogP contribution in [0.1, 0.15) is 15.9 Å². The lowest BCUT2D eigenvalue weighted by Gasteiger charge is -2.25. The zero-order chi connectivity index (χ0) is 34.7. The number of nitrogens with zero attached hydrogens (tertiary/aromatic N) is 3. The van der Waals surface area contributed by atoms with Crippen molar-refractivity contribution in [1.82, 2.24) is 25.1 Å². The second kappa shape index (κ2) is 13.8. The quantitative estimate of drug-likeness (QED) is 0.133. The van der Waals surface area contributed by atoms with E-state index in [9.17, 15) is 31.9 Å². The summed E-state index contributed by atoms with van der Waals surface area (Å²) in [5.41, 5.74) is 9.55. The number of carbonyl (C=O) groups is 3. The summed E-state index contributed by atoms with van der Waals surface area (Å²) in [6.07, 6.45) is -3.16. The third-order valence-electron chi connectivity index (χ3n) is 7.56. The van der Waals surface area contributed by atoms with Crippen molar-refractivity contribution in [2.75, 3.05) is 43.8 Å². The van der Waals surface area contributed by atoms with E-state index in [0.717, 1.165) is 0 Å². The Morgan fingerprint density at radius 2 is 1.77 bits per heavy atom. The van der Waals surface area contributed by atoms with E-state index in [4.69, 9.17) is 17.3 Å². The Kier molecular flexibility index (Phi) is 9.74. The van der Waals surface area contributed by atoms with Crippen molar-refractivity contribution in [3.05, 3.63) is 77.2 Å². The van der Waals surface area contributed by atoms with Crippen LogP contribution in [0.3, 0.4) is 0 Å². The minimum absolute atomic E-state index is 0.106. The number of aromatic nitrogens is 2. The molecule has 5 N–H and O–H groups in total. The summed E-state index contributed by atoms with van der Waals surface area (Å²) in [4.78, 5) is 43.2. The molecule has 0 saturated carbocycles. The first-order valence-electron chi connectivity index (χ1n) is 14.4. The van der Waals surface area contributed by atoms with Gasteiger partial charge in [-0.3, -0.25) is 14.4 Å². The Balaban J connectivity index is 1.66. The molecule has 1 aliphatic rings. The molecule has 0 bridgehead atoms. The van der Waals surface area contributed by atoms with Crippen LogP contribution in [0.2, 0.25) is 5.02 Å². The van der Waals surface area contributed by atoms with Gasteiger partial charge in [0.05, 0.1) is 32.7 Å². The van der Waals surface area contributed by atoms with E-state index in [0.29, 0.717) is 70.7 Å². The van der Waals surface area contributed by atoms with Crippen LogP contribution < -0.4 is 21.7 Å². The molecule has 1 aliphatic heterocycles. The fourth-order valence-electron chi connectivity index (χ4n) is 5.33. The van der Waals surface area contributed by atoms with Crippen molar-refractivity contribution < 1.29 is 31.9 Å². The molecule has 0 radical (unpaired) electrons. The number of nitrogen functional groups attached to an aromatic ring is 1. The molecule has 3 heterocycles. The third kappa shape index (κ3) is 7.27. The van der Waals surface area contributed by atoms with Crippen LogP contribution >= 0.6 is 11.6 Å². The number of nitrogens with two attached hydrogens (primary N) is 1. The van der Waals surface area contributed by atoms with E-state index >= 15 is 0 Å². The molecule has 5 rings (SSSR count). The van der Waals surface area contributed by atoms with Gasteiger partial charge >= 0.3 is 6.18 Å². The van der Waals surface area contributed by atoms with Crippen LogP contribution in [0, 0.1) is 11.8 Å². The molecule has 3 amide bonds. The third-order valence-corrected chi connectivity index (χ3v) is 7.87. The molecule has 2 aromatic carbocycles. The molecular weight excluding hydrogens is 654 g/mol. The molecule has 0 aliphatic carbocycles. The van der Waals surface area contributed by atoms with Gasteiger partial charge in [-0.25, -0.2) is 9.37 Å². The fraction of sp³-hybridized carbons (Fsp3) is 0.212. The first kappa shape index (κ1) is 34.0. The van der Waals surface area contributed by atoms with Crippen LogP contribution in [0.25, 0.3) is 33.3 Å². The van der Waals surface area contributed by atoms with E-state index in [2.05, 4.69) is 34.0 Å². The standard InChI is InChI=1S/C33H28ClF4N7O3/c1-18(35)31(47)43-22-7-3-19(4-8-22)28-26(20-5-9-23(24(34)15-20)32(48)42-17-33(36,37)38)27-29(44(28)2)21(16-41-30(27)39)6-10-25(46)45-13-11-40-12-14-45/h3-5,7-9,15-16,40H,1,11-14,17H2,2H3,(H2,39,41)(H,42,48)(H,43,47). The Morgan fingerprint density at radius 3 is 2.40 bits per heavy atom. The maximum atomic E-state index is 13.3. The molecule has 15 heteroatoms. The first-order valence-corrected chi connectivity index (χ1v) is 14.8. The topological polar surface area (TPSA) is 134 Å². The monoisotopic (exact) mass is 681 g/mol. The highest BCUT2D eigenvalue weighted by molar-refractivity contribution is 6.34. The van der Waals surface area contributed by atoms with Crippen molar-refractivity contribution in [2.24, 2.45) is 7.05 Å². The molecule has 0 spiro atoms. The second-order valence-electron chi connectivity index (χ2n) is 10.8. The van der Waals surface area contributed by atoms with Crippen molar-refractivity contribution in [2.45, 2.75) is 6.18 Å². The van der Waals surface area contributed by atoms with Crippen LogP contribution in [-0.4, -0.2) is 71.1 Å². The van der Waals surface area contributed by atoms with E-state index in [1.165, 1.54) is 24.4 Å². The summed E-state index contributed by atoms with van der Waals surface area (Å²) in [5, 5.41) is 7.69. The molecular formula is C33H28ClF4N7O3. The lowest BCUT2D eigenvalue weighted by molar-refractivity contribution is -0.125. The summed E-state index contributed by atoms with van der Waals surface area (Å²) < 4.78 is 53.2. The number of amides is 3. The minimum atomic E-state index is -4.61. The second-order valence-corrected chi connectivity index (χ2v) is 11.2. The number of benzene rings is 2. The van der Waals surface area contributed by atoms with Gasteiger partial charge < -0.3 is 31.2 Å². The minimum Gasteiger partial charge on any atom is -0.383 e. The van der Waals surface area contributed by atoms with Crippen LogP contribution in [-0.2, 0) is 16.6 Å². The van der Waals surface area contributed by atoms with Crippen LogP contribution in [0.5, 0.6) is 0 Å². The van der Waals surface area contributed by atoms with Gasteiger partial charge in [-0.1, -0.05) is 42.3 Å². The Hall–Kier alpha value is -5.39. The highest BCUT2D eigenvalue weighted by atomic mass is 35.5. The number of aryl methyl sites for hydroxylation is 1. The van der Waals surface area contributed by atoms with Gasteiger partial charge in [-0.05, 0) is 35.4 Å². The predicted octanol–water partition coefficient (Wildman–Crippen LogP) is 4.64. The molecule has 248 valence electrons. The number of hydrogen-bond acceptors (Lipinski definition) is 6. The molecule has 1 saturated heterocycles. The van der Waals surface area contributed by atoms with Gasteiger partial charge in [0.2, 0.25) is 0 Å². The molecule has 0 atom stereocenters. The maximum Gasteiger partial charge on any atom is 0.405 e. The van der Waals surface area contributed by atoms with Crippen LogP contribution in [0.4, 0.5) is 29.1 Å². The molecule has 0 unspecified atom stereocenters. The lowest BCUT2D eigenvalue weighted by atomic mass is 9.96. The highest BCUT2D eigenvalue weighted by Crippen LogP contribution is 2.44. The van der Waals surface area contributed by atoms with Gasteiger partial charge in [0, 0.05) is 56.6 Å². The van der Waals surface area contributed by atoms with Gasteiger partial charge in [0.15, 0.2) is 5.83 Å². The summed E-state index contributed by atoms with van der Waals surface area (Å²) in [6.45, 7) is 3.80. The van der Waals surface area contributed by atoms with E-state index in [1.807, 2.05) is 5.32 Å². The largest absolute Gasteiger partial charge is 0.405 e. The number of pyridine rings is 1. The average molecular weight is 682 g/mol. The number of halogens is 5. The van der Waals surface area contributed by atoms with Crippen molar-refractivity contribution in [3.8, 4) is 34.2 Å². The number of piperazine rings is 1. The van der Waals surface area contributed by atoms with Crippen molar-refractivity contribution in [1.29, 1.82) is 0 Å². The molecule has 1 fully saturated rings. The smallest absolute Gasteiger partial charge is 0.383 e. The van der Waals surface area contributed by atoms with Crippen LogP contribution in [0.15, 0.2) is 61.1 Å². The Bertz CT molecular complexity index is 2010. The molecule has 48 heavy (non-hydrogen) atoms. The van der Waals surface area contributed by atoms with Gasteiger partial charge in [0.1, 0.15) is 12.4 Å². The normalized spacial score (nSPS) is 13.1. The van der Waals surface area contributed by atoms with E-state index < -0.39 is 30.4 Å². The first-order chi connectivity index (χ1) is 22.7. The fourth-order valence-corrected chi connectivity index (χ4v) is 5.59. The zero-order valence-electron chi connectivity index (χ0n) is 25.4. The summed E-state index contributed by atoms with van der Waals surface area (Å²) in [7, 11) is 1.74. The zero-order valence-corrected chi connectivity index (χ0v) is 26.2. The van der Waals surface area contributed by atoms with Gasteiger partial charge in [-0.2, -0.15) is 13.2 Å². The summed E-state index contributed by atoms with van der Waals surface area (Å²) in [5.74, 6) is 2.22. The number of nitrogens with one attached hydrogen (secondary N) is 3. The number of fused-ring (bicyclic) bond motifs is 1. The van der Waals surface area contributed by atoms with Crippen molar-refractivity contribution in [3.63, 3.8) is 0 Å². The predicted molar refractivity (Wildman–Crippen MR) is 175 cm³/mol.